The van der Waals surface area contributed by atoms with Gasteiger partial charge in [0.05, 0.1) is 5.52 Å². The van der Waals surface area contributed by atoms with Crippen molar-refractivity contribution in [2.75, 3.05) is 16.0 Å². The third kappa shape index (κ3) is 5.20. The SMILES string of the molecule is C=CC(=O)Nc1cccc(Nc2nc(Nc3cccc(Br)c3)nc3ccc(Cl)cc23)c1. The molecule has 0 fully saturated rings. The number of hydrogen-bond acceptors (Lipinski definition) is 5. The van der Waals surface area contributed by atoms with E-state index in [9.17, 15) is 4.79 Å². The van der Waals surface area contributed by atoms with Gasteiger partial charge >= 0.3 is 0 Å². The first-order valence-corrected chi connectivity index (χ1v) is 10.5. The lowest BCUT2D eigenvalue weighted by atomic mass is 10.2. The van der Waals surface area contributed by atoms with Gasteiger partial charge in [0.1, 0.15) is 5.82 Å². The van der Waals surface area contributed by atoms with Crippen molar-refractivity contribution in [2.45, 2.75) is 0 Å². The second kappa shape index (κ2) is 9.16. The zero-order valence-electron chi connectivity index (χ0n) is 16.2. The van der Waals surface area contributed by atoms with Gasteiger partial charge in [-0.25, -0.2) is 4.98 Å². The molecule has 0 bridgehead atoms. The number of aromatic nitrogens is 2. The normalized spacial score (nSPS) is 10.5. The topological polar surface area (TPSA) is 78.9 Å². The number of amides is 1. The Labute approximate surface area is 192 Å². The van der Waals surface area contributed by atoms with Crippen molar-refractivity contribution in [3.63, 3.8) is 0 Å². The van der Waals surface area contributed by atoms with Crippen molar-refractivity contribution in [3.8, 4) is 0 Å². The maximum absolute atomic E-state index is 11.6. The van der Waals surface area contributed by atoms with Crippen molar-refractivity contribution in [1.82, 2.24) is 9.97 Å². The zero-order chi connectivity index (χ0) is 21.8. The first-order valence-electron chi connectivity index (χ1n) is 9.30. The molecule has 31 heavy (non-hydrogen) atoms. The van der Waals surface area contributed by atoms with Crippen LogP contribution in [0, 0.1) is 0 Å². The summed E-state index contributed by atoms with van der Waals surface area (Å²) in [5.41, 5.74) is 2.97. The minimum absolute atomic E-state index is 0.281. The van der Waals surface area contributed by atoms with Gasteiger partial charge < -0.3 is 16.0 Å². The van der Waals surface area contributed by atoms with Crippen LogP contribution in [-0.4, -0.2) is 15.9 Å². The third-order valence-electron chi connectivity index (χ3n) is 4.32. The van der Waals surface area contributed by atoms with Crippen LogP contribution in [0.3, 0.4) is 0 Å². The monoisotopic (exact) mass is 493 g/mol. The molecule has 0 saturated carbocycles. The smallest absolute Gasteiger partial charge is 0.247 e. The Morgan fingerprint density at radius 3 is 2.45 bits per heavy atom. The van der Waals surface area contributed by atoms with Gasteiger partial charge in [0.25, 0.3) is 0 Å². The molecule has 4 aromatic rings. The lowest BCUT2D eigenvalue weighted by Gasteiger charge is -2.13. The minimum atomic E-state index is -0.281. The summed E-state index contributed by atoms with van der Waals surface area (Å²) in [6, 6.07) is 20.5. The van der Waals surface area contributed by atoms with Crippen LogP contribution >= 0.6 is 27.5 Å². The molecule has 0 atom stereocenters. The second-order valence-corrected chi connectivity index (χ2v) is 7.94. The lowest BCUT2D eigenvalue weighted by molar-refractivity contribution is -0.111. The molecular formula is C23H17BrClN5O. The summed E-state index contributed by atoms with van der Waals surface area (Å²) in [5.74, 6) is 0.737. The molecule has 8 heteroatoms. The molecule has 0 aliphatic rings. The van der Waals surface area contributed by atoms with E-state index in [2.05, 4.69) is 48.4 Å². The third-order valence-corrected chi connectivity index (χ3v) is 5.05. The Morgan fingerprint density at radius 2 is 1.68 bits per heavy atom. The fraction of sp³-hybridized carbons (Fsp3) is 0. The van der Waals surface area contributed by atoms with Gasteiger partial charge in [-0.15, -0.1) is 0 Å². The highest BCUT2D eigenvalue weighted by Gasteiger charge is 2.10. The number of nitrogens with zero attached hydrogens (tertiary/aromatic N) is 2. The van der Waals surface area contributed by atoms with Crippen LogP contribution in [-0.2, 0) is 4.79 Å². The van der Waals surface area contributed by atoms with Crippen LogP contribution in [0.2, 0.25) is 5.02 Å². The molecule has 154 valence electrons. The number of nitrogens with one attached hydrogen (secondary N) is 3. The number of rotatable bonds is 6. The van der Waals surface area contributed by atoms with E-state index in [1.807, 2.05) is 48.5 Å². The molecule has 0 spiro atoms. The molecule has 3 aromatic carbocycles. The van der Waals surface area contributed by atoms with Crippen LogP contribution in [0.1, 0.15) is 0 Å². The number of fused-ring (bicyclic) bond motifs is 1. The number of halogens is 2. The molecule has 0 unspecified atom stereocenters. The molecule has 0 saturated heterocycles. The van der Waals surface area contributed by atoms with Crippen molar-refractivity contribution in [1.29, 1.82) is 0 Å². The predicted octanol–water partition coefficient (Wildman–Crippen LogP) is 6.66. The molecule has 1 heterocycles. The molecular weight excluding hydrogens is 478 g/mol. The Balaban J connectivity index is 1.72. The van der Waals surface area contributed by atoms with E-state index < -0.39 is 0 Å². The average Bonchev–Trinajstić information content (AvgIpc) is 2.74. The van der Waals surface area contributed by atoms with Gasteiger partial charge in [0.15, 0.2) is 0 Å². The van der Waals surface area contributed by atoms with Gasteiger partial charge in [0.2, 0.25) is 11.9 Å². The first-order chi connectivity index (χ1) is 15.0. The van der Waals surface area contributed by atoms with Crippen LogP contribution in [0.5, 0.6) is 0 Å². The van der Waals surface area contributed by atoms with Gasteiger partial charge in [-0.1, -0.05) is 46.2 Å². The van der Waals surface area contributed by atoms with E-state index in [0.29, 0.717) is 22.5 Å². The van der Waals surface area contributed by atoms with E-state index in [-0.39, 0.29) is 5.91 Å². The van der Waals surface area contributed by atoms with Crippen molar-refractivity contribution in [2.24, 2.45) is 0 Å². The fourth-order valence-electron chi connectivity index (χ4n) is 2.95. The summed E-state index contributed by atoms with van der Waals surface area (Å²) < 4.78 is 0.946. The molecule has 4 rings (SSSR count). The van der Waals surface area contributed by atoms with Crippen LogP contribution in [0.25, 0.3) is 10.9 Å². The van der Waals surface area contributed by atoms with E-state index in [1.165, 1.54) is 6.08 Å². The molecule has 0 aliphatic heterocycles. The highest BCUT2D eigenvalue weighted by molar-refractivity contribution is 9.10. The van der Waals surface area contributed by atoms with Crippen LogP contribution in [0.4, 0.5) is 28.8 Å². The Hall–Kier alpha value is -3.42. The number of hydrogen-bond donors (Lipinski definition) is 3. The van der Waals surface area contributed by atoms with Crippen LogP contribution in [0.15, 0.2) is 83.9 Å². The summed E-state index contributed by atoms with van der Waals surface area (Å²) in [6.45, 7) is 3.47. The molecule has 1 aromatic heterocycles. The van der Waals surface area contributed by atoms with Gasteiger partial charge in [-0.2, -0.15) is 4.98 Å². The molecule has 1 amide bonds. The summed E-state index contributed by atoms with van der Waals surface area (Å²) in [4.78, 5) is 20.9. The highest BCUT2D eigenvalue weighted by atomic mass is 79.9. The summed E-state index contributed by atoms with van der Waals surface area (Å²) >= 11 is 9.68. The van der Waals surface area contributed by atoms with Crippen molar-refractivity contribution < 1.29 is 4.79 Å². The first kappa shape index (κ1) is 20.8. The lowest BCUT2D eigenvalue weighted by Crippen LogP contribution is -2.07. The van der Waals surface area contributed by atoms with Crippen LogP contribution < -0.4 is 16.0 Å². The molecule has 6 nitrogen and oxygen atoms in total. The Bertz CT molecular complexity index is 1290. The largest absolute Gasteiger partial charge is 0.339 e. The maximum atomic E-state index is 11.6. The highest BCUT2D eigenvalue weighted by Crippen LogP contribution is 2.29. The van der Waals surface area contributed by atoms with E-state index >= 15 is 0 Å². The van der Waals surface area contributed by atoms with E-state index in [4.69, 9.17) is 11.6 Å². The number of carbonyl (C=O) groups excluding carboxylic acids is 1. The Morgan fingerprint density at radius 1 is 0.935 bits per heavy atom. The number of benzene rings is 3. The summed E-state index contributed by atoms with van der Waals surface area (Å²) in [6.07, 6.45) is 1.22. The van der Waals surface area contributed by atoms with Gasteiger partial charge in [0, 0.05) is 31.9 Å². The van der Waals surface area contributed by atoms with E-state index in [1.54, 1.807) is 18.2 Å². The fourth-order valence-corrected chi connectivity index (χ4v) is 3.52. The second-order valence-electron chi connectivity index (χ2n) is 6.59. The average molecular weight is 495 g/mol. The standard InChI is InChI=1S/C23H17BrClN5O/c1-2-21(31)26-17-7-4-8-18(13-17)27-22-19-12-15(25)9-10-20(19)29-23(30-22)28-16-6-3-5-14(24)11-16/h2-13H,1H2,(H,26,31)(H2,27,28,29,30). The number of anilines is 5. The summed E-state index contributed by atoms with van der Waals surface area (Å²) in [7, 11) is 0. The molecule has 3 N–H and O–H groups in total. The van der Waals surface area contributed by atoms with Crippen molar-refractivity contribution >= 4 is 73.2 Å². The Kier molecular flexibility index (Phi) is 6.16. The zero-order valence-corrected chi connectivity index (χ0v) is 18.5. The maximum Gasteiger partial charge on any atom is 0.247 e. The molecule has 0 radical (unpaired) electrons. The summed E-state index contributed by atoms with van der Waals surface area (Å²) in [5, 5.41) is 10.6. The quantitative estimate of drug-likeness (QED) is 0.261. The number of carbonyl (C=O) groups is 1. The minimum Gasteiger partial charge on any atom is -0.339 e. The van der Waals surface area contributed by atoms with Gasteiger partial charge in [-0.3, -0.25) is 4.79 Å². The van der Waals surface area contributed by atoms with E-state index in [0.717, 1.165) is 26.8 Å². The van der Waals surface area contributed by atoms with Gasteiger partial charge in [-0.05, 0) is 60.7 Å². The van der Waals surface area contributed by atoms with Crippen molar-refractivity contribution in [3.05, 3.63) is 88.9 Å². The predicted molar refractivity (Wildman–Crippen MR) is 131 cm³/mol. The molecule has 0 aliphatic carbocycles.